The van der Waals surface area contributed by atoms with Crippen molar-refractivity contribution in [2.45, 2.75) is 26.9 Å². The summed E-state index contributed by atoms with van der Waals surface area (Å²) in [6, 6.07) is 7.29. The average molecular weight is 436 g/mol. The van der Waals surface area contributed by atoms with Crippen molar-refractivity contribution < 1.29 is 18.0 Å². The normalized spacial score (nSPS) is 15.5. The first kappa shape index (κ1) is 25.5. The first-order chi connectivity index (χ1) is 14.6. The second-order valence-electron chi connectivity index (χ2n) is 6.29. The third-order valence-electron chi connectivity index (χ3n) is 3.97. The molecule has 168 valence electrons. The number of allylic oxidation sites excluding steroid dienone is 6. The molecule has 1 aromatic rings. The van der Waals surface area contributed by atoms with Gasteiger partial charge in [-0.05, 0) is 38.5 Å². The smallest absolute Gasteiger partial charge is 0.390 e. The minimum atomic E-state index is -4.27. The fraction of sp³-hybridized carbons (Fsp3) is 0.286. The van der Waals surface area contributed by atoms with Gasteiger partial charge in [-0.2, -0.15) is 18.3 Å². The van der Waals surface area contributed by atoms with E-state index in [1.807, 2.05) is 18.2 Å². The molecule has 1 aromatic carbocycles. The number of rotatable bonds is 5. The average Bonchev–Trinajstić information content (AvgIpc) is 2.71. The Morgan fingerprint density at radius 1 is 1.29 bits per heavy atom. The summed E-state index contributed by atoms with van der Waals surface area (Å²) in [5.74, 6) is -0.0981. The zero-order valence-corrected chi connectivity index (χ0v) is 17.9. The summed E-state index contributed by atoms with van der Waals surface area (Å²) in [5.41, 5.74) is 9.21. The summed E-state index contributed by atoms with van der Waals surface area (Å²) in [6.45, 7) is 4.94. The van der Waals surface area contributed by atoms with Crippen LogP contribution in [0.1, 0.15) is 20.8 Å². The highest BCUT2D eigenvalue weighted by Gasteiger charge is 2.33. The molecular weight excluding hydrogens is 409 g/mol. The monoisotopic (exact) mass is 436 g/mol. The Morgan fingerprint density at radius 2 is 1.97 bits per heavy atom. The van der Waals surface area contributed by atoms with Crippen LogP contribution in [-0.2, 0) is 4.79 Å². The number of aliphatic imine (C=N–C) groups is 1. The van der Waals surface area contributed by atoms with Crippen molar-refractivity contribution in [3.05, 3.63) is 59.7 Å². The summed E-state index contributed by atoms with van der Waals surface area (Å²) in [4.78, 5) is 15.8. The summed E-state index contributed by atoms with van der Waals surface area (Å²) < 4.78 is 37.0. The number of likely N-dealkylation sites (N-methyl/N-ethyl adjacent to an activating group) is 1. The van der Waals surface area contributed by atoms with Gasteiger partial charge in [-0.15, -0.1) is 0 Å². The number of alkyl halides is 3. The number of anilines is 1. The molecule has 2 rings (SSSR count). The van der Waals surface area contributed by atoms with E-state index >= 15 is 0 Å². The number of halogens is 3. The number of hydrazine groups is 1. The molecule has 1 heterocycles. The van der Waals surface area contributed by atoms with Gasteiger partial charge in [0.2, 0.25) is 0 Å². The van der Waals surface area contributed by atoms with Gasteiger partial charge in [-0.25, -0.2) is 10.0 Å². The molecule has 0 aliphatic carbocycles. The lowest BCUT2D eigenvalue weighted by Gasteiger charge is -2.26. The number of carbonyl (C=O) groups is 1. The van der Waals surface area contributed by atoms with Crippen LogP contribution in [0, 0.1) is 0 Å². The Bertz CT molecular complexity index is 887. The number of carbonyl (C=O) groups excluding carboxylic acids is 1. The summed E-state index contributed by atoms with van der Waals surface area (Å²) in [5, 5.41) is 6.91. The third kappa shape index (κ3) is 8.37. The van der Waals surface area contributed by atoms with Crippen LogP contribution in [-0.4, -0.2) is 48.4 Å². The molecule has 7 nitrogen and oxygen atoms in total. The second-order valence-corrected chi connectivity index (χ2v) is 6.29. The van der Waals surface area contributed by atoms with Gasteiger partial charge in [-0.3, -0.25) is 15.2 Å². The van der Waals surface area contributed by atoms with Crippen LogP contribution in [0.2, 0.25) is 0 Å². The lowest BCUT2D eigenvalue weighted by Crippen LogP contribution is -2.44. The molecule has 1 aliphatic heterocycles. The SMILES string of the molecule is CN1CC(=O)N(Nc2ccccc2N=CN)C=N1.C\C=C/C=C(\C(C)=C/C)C(F)(F)F. The molecule has 0 spiro atoms. The molecule has 0 bridgehead atoms. The Hall–Kier alpha value is -3.56. The fourth-order valence-electron chi connectivity index (χ4n) is 2.30. The van der Waals surface area contributed by atoms with Gasteiger partial charge in [0.05, 0.1) is 23.3 Å². The number of hydrogen-bond donors (Lipinski definition) is 2. The Balaban J connectivity index is 0.000000330. The van der Waals surface area contributed by atoms with Crippen molar-refractivity contribution in [2.75, 3.05) is 19.0 Å². The highest BCUT2D eigenvalue weighted by Crippen LogP contribution is 2.30. The molecule has 1 aliphatic rings. The van der Waals surface area contributed by atoms with Crippen LogP contribution < -0.4 is 11.2 Å². The maximum absolute atomic E-state index is 12.3. The van der Waals surface area contributed by atoms with Crippen LogP contribution in [0.25, 0.3) is 0 Å². The largest absolute Gasteiger partial charge is 0.416 e. The Labute approximate surface area is 180 Å². The highest BCUT2D eigenvalue weighted by molar-refractivity contribution is 5.92. The van der Waals surface area contributed by atoms with Gasteiger partial charge in [0.15, 0.2) is 0 Å². The van der Waals surface area contributed by atoms with Crippen LogP contribution in [0.5, 0.6) is 0 Å². The molecule has 0 radical (unpaired) electrons. The zero-order chi connectivity index (χ0) is 23.4. The van der Waals surface area contributed by atoms with Crippen LogP contribution in [0.15, 0.2) is 69.8 Å². The van der Waals surface area contributed by atoms with Gasteiger partial charge >= 0.3 is 6.18 Å². The molecular formula is C21H27F3N6O. The molecule has 0 atom stereocenters. The summed E-state index contributed by atoms with van der Waals surface area (Å²) in [6.07, 6.45) is 3.84. The van der Waals surface area contributed by atoms with Crippen molar-refractivity contribution in [1.29, 1.82) is 0 Å². The van der Waals surface area contributed by atoms with Crippen LogP contribution in [0.3, 0.4) is 0 Å². The van der Waals surface area contributed by atoms with Crippen molar-refractivity contribution >= 4 is 30.0 Å². The van der Waals surface area contributed by atoms with Crippen molar-refractivity contribution in [3.8, 4) is 0 Å². The molecule has 0 aromatic heterocycles. The predicted molar refractivity (Wildman–Crippen MR) is 119 cm³/mol. The number of nitrogens with zero attached hydrogens (tertiary/aromatic N) is 4. The van der Waals surface area contributed by atoms with Crippen LogP contribution in [0.4, 0.5) is 24.5 Å². The van der Waals surface area contributed by atoms with E-state index in [1.54, 1.807) is 38.0 Å². The number of amides is 1. The third-order valence-corrected chi connectivity index (χ3v) is 3.97. The maximum Gasteiger partial charge on any atom is 0.416 e. The number of nitrogens with two attached hydrogens (primary N) is 1. The lowest BCUT2D eigenvalue weighted by molar-refractivity contribution is -0.128. The predicted octanol–water partition coefficient (Wildman–Crippen LogP) is 4.37. The number of nitrogens with one attached hydrogen (secondary N) is 1. The number of benzene rings is 1. The summed E-state index contributed by atoms with van der Waals surface area (Å²) in [7, 11) is 1.73. The van der Waals surface area contributed by atoms with E-state index in [0.29, 0.717) is 11.4 Å². The summed E-state index contributed by atoms with van der Waals surface area (Å²) >= 11 is 0. The molecule has 0 unspecified atom stereocenters. The number of hydrogen-bond acceptors (Lipinski definition) is 5. The van der Waals surface area contributed by atoms with Crippen molar-refractivity contribution in [2.24, 2.45) is 15.8 Å². The molecule has 0 saturated heterocycles. The zero-order valence-electron chi connectivity index (χ0n) is 17.9. The topological polar surface area (TPSA) is 86.3 Å². The first-order valence-corrected chi connectivity index (χ1v) is 9.34. The van der Waals surface area contributed by atoms with Crippen molar-refractivity contribution in [1.82, 2.24) is 10.0 Å². The number of para-hydroxylation sites is 2. The minimum Gasteiger partial charge on any atom is -0.390 e. The standard InChI is InChI=1S/C11H14N6O.C10H13F3/c1-16-6-11(18)17(8-14-16)15-10-5-3-2-4-9(10)13-7-12;1-4-6-7-9(8(3)5-2)10(11,12)13/h2-5,7-8,15H,6H2,1H3,(H2,12,13);4-7H,1-3H3/b;6-4-,8-5-,9-7+. The Kier molecular flexibility index (Phi) is 10.0. The molecule has 0 saturated carbocycles. The minimum absolute atomic E-state index is 0.0981. The van der Waals surface area contributed by atoms with E-state index < -0.39 is 11.7 Å². The lowest BCUT2D eigenvalue weighted by atomic mass is 10.1. The molecule has 10 heteroatoms. The fourth-order valence-corrected chi connectivity index (χ4v) is 2.30. The molecule has 0 fully saturated rings. The van der Waals surface area contributed by atoms with Gasteiger partial charge in [0, 0.05) is 7.05 Å². The van der Waals surface area contributed by atoms with Gasteiger partial charge < -0.3 is 5.73 Å². The van der Waals surface area contributed by atoms with E-state index in [1.165, 1.54) is 36.8 Å². The van der Waals surface area contributed by atoms with Gasteiger partial charge in [-0.1, -0.05) is 36.4 Å². The molecule has 31 heavy (non-hydrogen) atoms. The number of hydrazone groups is 1. The highest BCUT2D eigenvalue weighted by atomic mass is 19.4. The van der Waals surface area contributed by atoms with E-state index in [2.05, 4.69) is 15.5 Å². The van der Waals surface area contributed by atoms with Gasteiger partial charge in [0.25, 0.3) is 5.91 Å². The van der Waals surface area contributed by atoms with E-state index in [0.717, 1.165) is 6.08 Å². The van der Waals surface area contributed by atoms with E-state index in [4.69, 9.17) is 5.73 Å². The van der Waals surface area contributed by atoms with E-state index in [9.17, 15) is 18.0 Å². The van der Waals surface area contributed by atoms with Crippen molar-refractivity contribution in [3.63, 3.8) is 0 Å². The van der Waals surface area contributed by atoms with Crippen LogP contribution >= 0.6 is 0 Å². The van der Waals surface area contributed by atoms with Gasteiger partial charge in [0.1, 0.15) is 12.9 Å². The molecule has 1 amide bonds. The molecule has 3 N–H and O–H groups in total. The van der Waals surface area contributed by atoms with E-state index in [-0.39, 0.29) is 18.0 Å². The first-order valence-electron chi connectivity index (χ1n) is 9.34. The second kappa shape index (κ2) is 12.2. The maximum atomic E-state index is 12.3. The quantitative estimate of drug-likeness (QED) is 0.408. The Morgan fingerprint density at radius 3 is 2.52 bits per heavy atom.